The third-order valence-electron chi connectivity index (χ3n) is 3.30. The van der Waals surface area contributed by atoms with Crippen LogP contribution in [0.3, 0.4) is 0 Å². The second-order valence-electron chi connectivity index (χ2n) is 4.60. The zero-order chi connectivity index (χ0) is 11.9. The molecule has 0 atom stereocenters. The van der Waals surface area contributed by atoms with E-state index in [4.69, 9.17) is 0 Å². The van der Waals surface area contributed by atoms with Gasteiger partial charge in [-0.1, -0.05) is 24.3 Å². The summed E-state index contributed by atoms with van der Waals surface area (Å²) in [6.45, 7) is 5.33. The molecule has 1 aliphatic rings. The Balaban J connectivity index is 1.83. The number of piperazine rings is 1. The Morgan fingerprint density at radius 2 is 1.82 bits per heavy atom. The molecule has 0 amide bonds. The maximum absolute atomic E-state index is 12.3. The molecule has 0 spiro atoms. The summed E-state index contributed by atoms with van der Waals surface area (Å²) in [6, 6.07) is 8.33. The quantitative estimate of drug-likeness (QED) is 0.836. The van der Waals surface area contributed by atoms with Crippen molar-refractivity contribution in [2.75, 3.05) is 39.4 Å². The van der Waals surface area contributed by atoms with Crippen LogP contribution in [0.5, 0.6) is 0 Å². The summed E-state index contributed by atoms with van der Waals surface area (Å²) >= 11 is 0. The average Bonchev–Trinajstić information content (AvgIpc) is 2.39. The number of benzene rings is 1. The van der Waals surface area contributed by atoms with Gasteiger partial charge < -0.3 is 10.2 Å². The van der Waals surface area contributed by atoms with Crippen LogP contribution in [0.15, 0.2) is 24.3 Å². The van der Waals surface area contributed by atoms with Gasteiger partial charge in [0, 0.05) is 39.1 Å². The van der Waals surface area contributed by atoms with Gasteiger partial charge in [0.25, 0.3) is 0 Å². The summed E-state index contributed by atoms with van der Waals surface area (Å²) in [5, 5.41) is 3.36. The number of halogens is 1. The summed E-state index contributed by atoms with van der Waals surface area (Å²) in [6.07, 6.45) is 1.61. The van der Waals surface area contributed by atoms with Gasteiger partial charge in [-0.05, 0) is 17.5 Å². The molecule has 1 saturated heterocycles. The van der Waals surface area contributed by atoms with Gasteiger partial charge in [0.1, 0.15) is 0 Å². The van der Waals surface area contributed by atoms with Gasteiger partial charge in [0.2, 0.25) is 0 Å². The molecule has 2 nitrogen and oxygen atoms in total. The number of hydrogen-bond donors (Lipinski definition) is 1. The molecular formula is C14H21FN2. The third kappa shape index (κ3) is 4.10. The van der Waals surface area contributed by atoms with Gasteiger partial charge in [-0.15, -0.1) is 0 Å². The zero-order valence-electron chi connectivity index (χ0n) is 10.3. The molecule has 94 valence electrons. The van der Waals surface area contributed by atoms with E-state index in [-0.39, 0.29) is 6.67 Å². The van der Waals surface area contributed by atoms with Gasteiger partial charge in [-0.3, -0.25) is 4.39 Å². The van der Waals surface area contributed by atoms with E-state index in [2.05, 4.69) is 22.3 Å². The highest BCUT2D eigenvalue weighted by Gasteiger charge is 2.08. The Morgan fingerprint density at radius 3 is 2.53 bits per heavy atom. The minimum absolute atomic E-state index is 0.263. The molecule has 1 fully saturated rings. The van der Waals surface area contributed by atoms with Crippen LogP contribution in [0.25, 0.3) is 0 Å². The molecule has 1 aliphatic heterocycles. The van der Waals surface area contributed by atoms with Crippen LogP contribution in [0.4, 0.5) is 4.39 Å². The van der Waals surface area contributed by atoms with Crippen molar-refractivity contribution in [3.8, 4) is 0 Å². The van der Waals surface area contributed by atoms with Gasteiger partial charge in [0.05, 0.1) is 6.67 Å². The Hall–Kier alpha value is -0.930. The van der Waals surface area contributed by atoms with E-state index in [9.17, 15) is 4.39 Å². The zero-order valence-corrected chi connectivity index (χ0v) is 10.3. The smallest absolute Gasteiger partial charge is 0.0934 e. The summed E-state index contributed by atoms with van der Waals surface area (Å²) in [5.74, 6) is 0. The van der Waals surface area contributed by atoms with E-state index < -0.39 is 0 Å². The summed E-state index contributed by atoms with van der Waals surface area (Å²) in [4.78, 5) is 2.48. The highest BCUT2D eigenvalue weighted by Crippen LogP contribution is 2.08. The van der Waals surface area contributed by atoms with Crippen molar-refractivity contribution in [2.24, 2.45) is 0 Å². The van der Waals surface area contributed by atoms with Crippen molar-refractivity contribution in [3.05, 3.63) is 35.4 Å². The SMILES string of the molecule is FCCc1cccc(CCN2CCNCC2)c1. The lowest BCUT2D eigenvalue weighted by molar-refractivity contribution is 0.244. The molecule has 0 radical (unpaired) electrons. The largest absolute Gasteiger partial charge is 0.314 e. The fourth-order valence-electron chi connectivity index (χ4n) is 2.27. The van der Waals surface area contributed by atoms with Crippen molar-refractivity contribution in [1.82, 2.24) is 10.2 Å². The van der Waals surface area contributed by atoms with Gasteiger partial charge in [-0.2, -0.15) is 0 Å². The summed E-state index contributed by atoms with van der Waals surface area (Å²) in [7, 11) is 0. The van der Waals surface area contributed by atoms with Crippen LogP contribution in [0, 0.1) is 0 Å². The predicted octanol–water partition coefficient (Wildman–Crippen LogP) is 1.65. The molecule has 0 aliphatic carbocycles. The van der Waals surface area contributed by atoms with E-state index in [0.29, 0.717) is 6.42 Å². The van der Waals surface area contributed by atoms with Crippen molar-refractivity contribution in [1.29, 1.82) is 0 Å². The van der Waals surface area contributed by atoms with Crippen molar-refractivity contribution in [3.63, 3.8) is 0 Å². The monoisotopic (exact) mass is 236 g/mol. The molecule has 3 heteroatoms. The van der Waals surface area contributed by atoms with Crippen LogP contribution >= 0.6 is 0 Å². The Labute approximate surface area is 103 Å². The maximum atomic E-state index is 12.3. The number of nitrogens with one attached hydrogen (secondary N) is 1. The van der Waals surface area contributed by atoms with Gasteiger partial charge in [0.15, 0.2) is 0 Å². The first kappa shape index (κ1) is 12.5. The first-order valence-electron chi connectivity index (χ1n) is 6.45. The second kappa shape index (κ2) is 6.72. The van der Waals surface area contributed by atoms with Crippen molar-refractivity contribution >= 4 is 0 Å². The molecule has 0 aromatic heterocycles. The van der Waals surface area contributed by atoms with Crippen LogP contribution < -0.4 is 5.32 Å². The van der Waals surface area contributed by atoms with E-state index >= 15 is 0 Å². The first-order chi connectivity index (χ1) is 8.38. The van der Waals surface area contributed by atoms with E-state index in [1.807, 2.05) is 12.1 Å². The maximum Gasteiger partial charge on any atom is 0.0934 e. The Kier molecular flexibility index (Phi) is 4.95. The van der Waals surface area contributed by atoms with E-state index in [0.717, 1.165) is 44.7 Å². The lowest BCUT2D eigenvalue weighted by atomic mass is 10.1. The highest BCUT2D eigenvalue weighted by atomic mass is 19.1. The van der Waals surface area contributed by atoms with Crippen LogP contribution in [0.1, 0.15) is 11.1 Å². The molecule has 0 bridgehead atoms. The lowest BCUT2D eigenvalue weighted by Gasteiger charge is -2.27. The van der Waals surface area contributed by atoms with Crippen LogP contribution in [-0.4, -0.2) is 44.3 Å². The van der Waals surface area contributed by atoms with Crippen molar-refractivity contribution in [2.45, 2.75) is 12.8 Å². The minimum Gasteiger partial charge on any atom is -0.314 e. The third-order valence-corrected chi connectivity index (χ3v) is 3.30. The van der Waals surface area contributed by atoms with Crippen LogP contribution in [0.2, 0.25) is 0 Å². The summed E-state index contributed by atoms with van der Waals surface area (Å²) in [5.41, 5.74) is 2.44. The Bertz CT molecular complexity index is 335. The summed E-state index contributed by atoms with van der Waals surface area (Å²) < 4.78 is 12.3. The van der Waals surface area contributed by atoms with E-state index in [1.54, 1.807) is 0 Å². The molecule has 1 aromatic rings. The predicted molar refractivity (Wildman–Crippen MR) is 69.1 cm³/mol. The normalized spacial score (nSPS) is 17.2. The molecule has 17 heavy (non-hydrogen) atoms. The minimum atomic E-state index is -0.263. The first-order valence-corrected chi connectivity index (χ1v) is 6.45. The topological polar surface area (TPSA) is 15.3 Å². The number of hydrogen-bond acceptors (Lipinski definition) is 2. The molecule has 2 rings (SSSR count). The van der Waals surface area contributed by atoms with E-state index in [1.165, 1.54) is 5.56 Å². The van der Waals surface area contributed by atoms with Crippen LogP contribution in [-0.2, 0) is 12.8 Å². The van der Waals surface area contributed by atoms with Gasteiger partial charge >= 0.3 is 0 Å². The number of alkyl halides is 1. The average molecular weight is 236 g/mol. The molecule has 1 N–H and O–H groups in total. The Morgan fingerprint density at radius 1 is 1.12 bits per heavy atom. The molecule has 0 unspecified atom stereocenters. The number of aryl methyl sites for hydroxylation is 1. The second-order valence-corrected chi connectivity index (χ2v) is 4.60. The highest BCUT2D eigenvalue weighted by molar-refractivity contribution is 5.23. The molecule has 1 heterocycles. The fraction of sp³-hybridized carbons (Fsp3) is 0.571. The molecular weight excluding hydrogens is 215 g/mol. The standard InChI is InChI=1S/C14H21FN2/c15-6-4-13-2-1-3-14(12-13)5-9-17-10-7-16-8-11-17/h1-3,12,16H,4-11H2. The molecule has 0 saturated carbocycles. The number of nitrogens with zero attached hydrogens (tertiary/aromatic N) is 1. The van der Waals surface area contributed by atoms with Crippen molar-refractivity contribution < 1.29 is 4.39 Å². The fourth-order valence-corrected chi connectivity index (χ4v) is 2.27. The lowest BCUT2D eigenvalue weighted by Crippen LogP contribution is -2.44. The number of rotatable bonds is 5. The molecule has 1 aromatic carbocycles. The van der Waals surface area contributed by atoms with Gasteiger partial charge in [-0.25, -0.2) is 0 Å².